The lowest BCUT2D eigenvalue weighted by Gasteiger charge is -2.34. The molecular formula is C12H14O3. The molecule has 0 bridgehead atoms. The summed E-state index contributed by atoms with van der Waals surface area (Å²) in [6.07, 6.45) is 3.81. The summed E-state index contributed by atoms with van der Waals surface area (Å²) in [4.78, 5) is 23.1. The van der Waals surface area contributed by atoms with Crippen molar-refractivity contribution in [3.8, 4) is 0 Å². The van der Waals surface area contributed by atoms with Crippen LogP contribution in [-0.4, -0.2) is 11.8 Å². The van der Waals surface area contributed by atoms with Gasteiger partial charge in [0.05, 0.1) is 6.42 Å². The molecule has 1 fully saturated rings. The molecule has 3 nitrogen and oxygen atoms in total. The minimum Gasteiger partial charge on any atom is -0.431 e. The van der Waals surface area contributed by atoms with Crippen molar-refractivity contribution in [2.24, 2.45) is 11.3 Å². The van der Waals surface area contributed by atoms with Crippen LogP contribution in [0.4, 0.5) is 0 Å². The van der Waals surface area contributed by atoms with Crippen LogP contribution in [0.5, 0.6) is 0 Å². The molecular weight excluding hydrogens is 192 g/mol. The van der Waals surface area contributed by atoms with Gasteiger partial charge in [0, 0.05) is 18.8 Å². The van der Waals surface area contributed by atoms with Crippen molar-refractivity contribution < 1.29 is 14.3 Å². The molecule has 15 heavy (non-hydrogen) atoms. The monoisotopic (exact) mass is 206 g/mol. The molecule has 1 saturated carbocycles. The zero-order valence-corrected chi connectivity index (χ0v) is 8.84. The van der Waals surface area contributed by atoms with Crippen LogP contribution in [0, 0.1) is 11.3 Å². The third kappa shape index (κ3) is 1.12. The summed E-state index contributed by atoms with van der Waals surface area (Å²) in [5, 5.41) is 0. The highest BCUT2D eigenvalue weighted by Gasteiger charge is 2.51. The lowest BCUT2D eigenvalue weighted by Crippen LogP contribution is -2.30. The van der Waals surface area contributed by atoms with E-state index in [1.54, 1.807) is 0 Å². The number of ether oxygens (including phenoxy) is 1. The molecule has 0 aromatic carbocycles. The summed E-state index contributed by atoms with van der Waals surface area (Å²) in [5.41, 5.74) is 1.10. The largest absolute Gasteiger partial charge is 0.431 e. The molecule has 1 aliphatic heterocycles. The van der Waals surface area contributed by atoms with E-state index in [9.17, 15) is 9.59 Å². The Morgan fingerprint density at radius 3 is 2.80 bits per heavy atom. The Labute approximate surface area is 88.5 Å². The maximum absolute atomic E-state index is 11.9. The van der Waals surface area contributed by atoms with Crippen molar-refractivity contribution in [2.75, 3.05) is 0 Å². The van der Waals surface area contributed by atoms with Gasteiger partial charge in [-0.3, -0.25) is 9.59 Å². The fraction of sp³-hybridized carbons (Fsp3) is 0.667. The van der Waals surface area contributed by atoms with E-state index in [-0.39, 0.29) is 17.3 Å². The van der Waals surface area contributed by atoms with Gasteiger partial charge in [-0.2, -0.15) is 0 Å². The molecule has 2 atom stereocenters. The molecule has 0 aromatic heterocycles. The van der Waals surface area contributed by atoms with Gasteiger partial charge in [-0.1, -0.05) is 6.92 Å². The first kappa shape index (κ1) is 9.13. The number of allylic oxidation sites excluding steroid dienone is 1. The van der Waals surface area contributed by atoms with Crippen molar-refractivity contribution in [3.05, 3.63) is 11.3 Å². The number of hydrogen-bond acceptors (Lipinski definition) is 3. The number of esters is 1. The maximum atomic E-state index is 11.9. The minimum absolute atomic E-state index is 0.0206. The molecule has 3 aliphatic rings. The summed E-state index contributed by atoms with van der Waals surface area (Å²) < 4.78 is 5.16. The topological polar surface area (TPSA) is 43.4 Å². The van der Waals surface area contributed by atoms with E-state index in [4.69, 9.17) is 4.74 Å². The number of rotatable bonds is 0. The van der Waals surface area contributed by atoms with Gasteiger partial charge in [0.2, 0.25) is 0 Å². The van der Waals surface area contributed by atoms with E-state index < -0.39 is 0 Å². The fourth-order valence-corrected chi connectivity index (χ4v) is 3.34. The second-order valence-electron chi connectivity index (χ2n) is 5.15. The lowest BCUT2D eigenvalue weighted by molar-refractivity contribution is -0.136. The molecule has 3 rings (SSSR count). The number of carbonyl (C=O) groups is 2. The number of carbonyl (C=O) groups excluding carboxylic acids is 2. The van der Waals surface area contributed by atoms with Gasteiger partial charge in [-0.15, -0.1) is 0 Å². The molecule has 80 valence electrons. The van der Waals surface area contributed by atoms with Crippen LogP contribution in [-0.2, 0) is 14.3 Å². The van der Waals surface area contributed by atoms with Crippen molar-refractivity contribution in [1.82, 2.24) is 0 Å². The third-order valence-electron chi connectivity index (χ3n) is 4.16. The standard InChI is InChI=1S/C12H14O3/c1-12-4-2-8(13)11(12)7-6-10(14)15-9(7)3-5-12/h11H,2-6H2,1H3/t11-,12-/m0/s1. The van der Waals surface area contributed by atoms with Crippen molar-refractivity contribution in [1.29, 1.82) is 0 Å². The molecule has 0 radical (unpaired) electrons. The van der Waals surface area contributed by atoms with Crippen LogP contribution in [0.1, 0.15) is 39.0 Å². The molecule has 0 aromatic rings. The van der Waals surface area contributed by atoms with Crippen LogP contribution in [0.15, 0.2) is 11.3 Å². The van der Waals surface area contributed by atoms with Crippen LogP contribution >= 0.6 is 0 Å². The second-order valence-corrected chi connectivity index (χ2v) is 5.15. The molecule has 0 amide bonds. The summed E-state index contributed by atoms with van der Waals surface area (Å²) in [6.45, 7) is 2.18. The molecule has 0 N–H and O–H groups in total. The molecule has 1 heterocycles. The Balaban J connectivity index is 2.05. The van der Waals surface area contributed by atoms with Gasteiger partial charge in [-0.05, 0) is 23.8 Å². The molecule has 3 heteroatoms. The van der Waals surface area contributed by atoms with E-state index in [0.717, 1.165) is 30.6 Å². The van der Waals surface area contributed by atoms with Crippen molar-refractivity contribution >= 4 is 11.8 Å². The predicted octanol–water partition coefficient (Wildman–Crippen LogP) is 1.97. The van der Waals surface area contributed by atoms with Crippen molar-refractivity contribution in [2.45, 2.75) is 39.0 Å². The third-order valence-corrected chi connectivity index (χ3v) is 4.16. The quantitative estimate of drug-likeness (QED) is 0.569. The molecule has 0 saturated heterocycles. The van der Waals surface area contributed by atoms with E-state index in [0.29, 0.717) is 18.6 Å². The average molecular weight is 206 g/mol. The van der Waals surface area contributed by atoms with Gasteiger partial charge in [-0.25, -0.2) is 0 Å². The van der Waals surface area contributed by atoms with Gasteiger partial charge in [0.15, 0.2) is 0 Å². The smallest absolute Gasteiger partial charge is 0.315 e. The second kappa shape index (κ2) is 2.71. The Hall–Kier alpha value is -1.12. The fourth-order valence-electron chi connectivity index (χ4n) is 3.34. The SMILES string of the molecule is C[C@@]12CCC(=O)[C@@H]1C1=C(CC2)OC(=O)C1. The Morgan fingerprint density at radius 1 is 1.27 bits per heavy atom. The highest BCUT2D eigenvalue weighted by atomic mass is 16.5. The first-order valence-corrected chi connectivity index (χ1v) is 5.55. The minimum atomic E-state index is -0.177. The summed E-state index contributed by atoms with van der Waals surface area (Å²) in [6, 6.07) is 0. The summed E-state index contributed by atoms with van der Waals surface area (Å²) in [7, 11) is 0. The van der Waals surface area contributed by atoms with Crippen LogP contribution in [0.25, 0.3) is 0 Å². The van der Waals surface area contributed by atoms with Crippen molar-refractivity contribution in [3.63, 3.8) is 0 Å². The average Bonchev–Trinajstić information content (AvgIpc) is 2.67. The van der Waals surface area contributed by atoms with E-state index >= 15 is 0 Å². The highest BCUT2D eigenvalue weighted by molar-refractivity contribution is 5.90. The highest BCUT2D eigenvalue weighted by Crippen LogP contribution is 2.54. The normalized spacial score (nSPS) is 39.1. The van der Waals surface area contributed by atoms with E-state index in [1.165, 1.54) is 0 Å². The lowest BCUT2D eigenvalue weighted by atomic mass is 9.68. The summed E-state index contributed by atoms with van der Waals surface area (Å²) >= 11 is 0. The van der Waals surface area contributed by atoms with Gasteiger partial charge < -0.3 is 4.74 Å². The summed E-state index contributed by atoms with van der Waals surface area (Å²) in [5.74, 6) is 0.914. The zero-order valence-electron chi connectivity index (χ0n) is 8.84. The number of Topliss-reactive ketones (excluding diaryl/α,β-unsaturated/α-hetero) is 1. The molecule has 0 unspecified atom stereocenters. The Morgan fingerprint density at radius 2 is 2.00 bits per heavy atom. The van der Waals surface area contributed by atoms with Crippen LogP contribution in [0.3, 0.4) is 0 Å². The molecule has 0 spiro atoms. The van der Waals surface area contributed by atoms with Crippen LogP contribution < -0.4 is 0 Å². The van der Waals surface area contributed by atoms with Gasteiger partial charge in [0.1, 0.15) is 11.5 Å². The Kier molecular flexibility index (Phi) is 1.65. The zero-order chi connectivity index (χ0) is 10.6. The van der Waals surface area contributed by atoms with E-state index in [1.807, 2.05) is 0 Å². The predicted molar refractivity (Wildman–Crippen MR) is 52.8 cm³/mol. The Bertz CT molecular complexity index is 394. The molecule has 2 aliphatic carbocycles. The van der Waals surface area contributed by atoms with Gasteiger partial charge in [0.25, 0.3) is 0 Å². The first-order valence-electron chi connectivity index (χ1n) is 5.55. The number of fused-ring (bicyclic) bond motifs is 2. The van der Waals surface area contributed by atoms with Crippen LogP contribution in [0.2, 0.25) is 0 Å². The van der Waals surface area contributed by atoms with E-state index in [2.05, 4.69) is 6.92 Å². The number of ketones is 1. The van der Waals surface area contributed by atoms with Gasteiger partial charge >= 0.3 is 5.97 Å². The first-order chi connectivity index (χ1) is 7.10. The number of hydrogen-bond donors (Lipinski definition) is 0. The maximum Gasteiger partial charge on any atom is 0.315 e.